The van der Waals surface area contributed by atoms with Gasteiger partial charge in [0.2, 0.25) is 15.9 Å². The number of piperidine rings is 1. The topological polar surface area (TPSA) is 205 Å². The number of benzene rings is 2. The molecule has 47 heavy (non-hydrogen) atoms. The van der Waals surface area contributed by atoms with Crippen LogP contribution in [0, 0.1) is 5.92 Å². The maximum Gasteiger partial charge on any atom is 0.409 e. The number of carbonyl (C=O) groups is 2. The Morgan fingerprint density at radius 3 is 2.68 bits per heavy atom. The van der Waals surface area contributed by atoms with E-state index in [1.54, 1.807) is 49.4 Å². The Bertz CT molecular complexity index is 1930. The van der Waals surface area contributed by atoms with Crippen molar-refractivity contribution in [3.8, 4) is 16.8 Å². The molecule has 0 bridgehead atoms. The van der Waals surface area contributed by atoms with Crippen molar-refractivity contribution >= 4 is 45.4 Å². The van der Waals surface area contributed by atoms with Gasteiger partial charge in [0.15, 0.2) is 0 Å². The predicted molar refractivity (Wildman–Crippen MR) is 174 cm³/mol. The normalized spacial score (nSPS) is 16.2. The smallest absolute Gasteiger partial charge is 0.409 e. The van der Waals surface area contributed by atoms with Crippen molar-refractivity contribution in [3.05, 3.63) is 87.6 Å². The molecule has 0 radical (unpaired) electrons. The molecular weight excluding hydrogens is 650 g/mol. The number of rotatable bonds is 11. The van der Waals surface area contributed by atoms with E-state index in [4.69, 9.17) is 16.7 Å². The Labute approximate surface area is 274 Å². The quantitative estimate of drug-likeness (QED) is 0.170. The van der Waals surface area contributed by atoms with E-state index in [2.05, 4.69) is 36.4 Å². The zero-order chi connectivity index (χ0) is 33.6. The number of hydrogen-bond donors (Lipinski definition) is 4. The number of tetrazole rings is 1. The SMILES string of the molecule is CCS(=O)(=O)N1CCCC(C[C@H](NC(=O)C=Cc2cc(Cl)ccc2-n2cnnn2)c2cc(-c3ccc(NC(=O)O)cc3)c(=O)[nH]n2)C1. The van der Waals surface area contributed by atoms with Gasteiger partial charge in [-0.25, -0.2) is 22.6 Å². The summed E-state index contributed by atoms with van der Waals surface area (Å²) in [5.74, 6) is -0.575. The molecule has 0 spiro atoms. The van der Waals surface area contributed by atoms with Crippen LogP contribution in [0.5, 0.6) is 0 Å². The van der Waals surface area contributed by atoms with Crippen LogP contribution in [0.4, 0.5) is 10.5 Å². The average Bonchev–Trinajstić information content (AvgIpc) is 3.59. The van der Waals surface area contributed by atoms with Gasteiger partial charge in [0.25, 0.3) is 5.56 Å². The minimum Gasteiger partial charge on any atom is -0.465 e. The lowest BCUT2D eigenvalue weighted by Gasteiger charge is -2.33. The van der Waals surface area contributed by atoms with Crippen LogP contribution in [-0.2, 0) is 14.8 Å². The number of aromatic nitrogens is 6. The van der Waals surface area contributed by atoms with E-state index < -0.39 is 33.6 Å². The molecule has 17 heteroatoms. The molecule has 1 fully saturated rings. The van der Waals surface area contributed by atoms with Gasteiger partial charge in [0.1, 0.15) is 6.33 Å². The van der Waals surface area contributed by atoms with Crippen LogP contribution in [0.15, 0.2) is 65.7 Å². The molecule has 1 aliphatic heterocycles. The Kier molecular flexibility index (Phi) is 10.4. The molecule has 1 aliphatic rings. The summed E-state index contributed by atoms with van der Waals surface area (Å²) in [5.41, 5.74) is 2.15. The maximum absolute atomic E-state index is 13.4. The third kappa shape index (κ3) is 8.46. The van der Waals surface area contributed by atoms with Crippen LogP contribution < -0.4 is 16.2 Å². The molecular formula is C30H32ClN9O6S. The van der Waals surface area contributed by atoms with Crippen molar-refractivity contribution in [2.45, 2.75) is 32.2 Å². The van der Waals surface area contributed by atoms with E-state index in [0.717, 1.165) is 6.42 Å². The summed E-state index contributed by atoms with van der Waals surface area (Å²) in [6.45, 7) is 2.34. The predicted octanol–water partition coefficient (Wildman–Crippen LogP) is 3.48. The number of hydrogen-bond acceptors (Lipinski definition) is 9. The van der Waals surface area contributed by atoms with Gasteiger partial charge in [-0.15, -0.1) is 5.10 Å². The zero-order valence-electron chi connectivity index (χ0n) is 25.2. The number of amides is 2. The Hall–Kier alpha value is -4.93. The van der Waals surface area contributed by atoms with E-state index in [-0.39, 0.29) is 17.2 Å². The van der Waals surface area contributed by atoms with Crippen molar-refractivity contribution in [1.82, 2.24) is 40.0 Å². The summed E-state index contributed by atoms with van der Waals surface area (Å²) in [4.78, 5) is 37.2. The number of nitrogens with one attached hydrogen (secondary N) is 3. The standard InChI is InChI=1S/C30H32ClN9O6S/c1-2-47(45,46)39-13-3-4-19(17-39)14-25(26-16-24(29(42)36-35-26)20-5-9-23(10-6-20)33-30(43)44)34-28(41)12-7-21-15-22(31)8-11-27(21)40-18-32-37-38-40/h5-12,15-16,18-19,25,33H,2-4,13-14,17H2,1H3,(H,34,41)(H,36,42)(H,43,44)/t19?,25-/m0/s1. The number of carbonyl (C=O) groups excluding carboxylic acids is 1. The summed E-state index contributed by atoms with van der Waals surface area (Å²) >= 11 is 6.22. The van der Waals surface area contributed by atoms with Gasteiger partial charge in [-0.1, -0.05) is 23.7 Å². The van der Waals surface area contributed by atoms with Gasteiger partial charge in [-0.05, 0) is 90.6 Å². The van der Waals surface area contributed by atoms with Gasteiger partial charge >= 0.3 is 6.09 Å². The third-order valence-corrected chi connectivity index (χ3v) is 9.84. The van der Waals surface area contributed by atoms with Crippen LogP contribution >= 0.6 is 11.6 Å². The summed E-state index contributed by atoms with van der Waals surface area (Å²) in [7, 11) is -3.40. The van der Waals surface area contributed by atoms with Crippen molar-refractivity contribution in [2.24, 2.45) is 5.92 Å². The summed E-state index contributed by atoms with van der Waals surface area (Å²) in [6, 6.07) is 12.2. The minimum atomic E-state index is -3.40. The lowest BCUT2D eigenvalue weighted by Crippen LogP contribution is -2.42. The van der Waals surface area contributed by atoms with Crippen molar-refractivity contribution < 1.29 is 23.1 Å². The Morgan fingerprint density at radius 1 is 1.19 bits per heavy atom. The molecule has 5 rings (SSSR count). The van der Waals surface area contributed by atoms with E-state index in [9.17, 15) is 22.8 Å². The second kappa shape index (κ2) is 14.7. The fraction of sp³-hybridized carbons (Fsp3) is 0.300. The van der Waals surface area contributed by atoms with Crippen LogP contribution in [0.1, 0.15) is 43.5 Å². The van der Waals surface area contributed by atoms with Crippen LogP contribution in [0.25, 0.3) is 22.9 Å². The van der Waals surface area contributed by atoms with Crippen molar-refractivity contribution in [3.63, 3.8) is 0 Å². The van der Waals surface area contributed by atoms with Crippen molar-refractivity contribution in [2.75, 3.05) is 24.2 Å². The first kappa shape index (κ1) is 33.4. The van der Waals surface area contributed by atoms with E-state index in [0.29, 0.717) is 59.1 Å². The van der Waals surface area contributed by atoms with E-state index >= 15 is 0 Å². The lowest BCUT2D eigenvalue weighted by molar-refractivity contribution is -0.117. The third-order valence-electron chi connectivity index (χ3n) is 7.75. The first-order chi connectivity index (χ1) is 22.5. The molecule has 2 atom stereocenters. The molecule has 2 aromatic heterocycles. The first-order valence-electron chi connectivity index (χ1n) is 14.7. The molecule has 15 nitrogen and oxygen atoms in total. The van der Waals surface area contributed by atoms with Crippen LogP contribution in [-0.4, -0.2) is 79.1 Å². The molecule has 4 aromatic rings. The highest BCUT2D eigenvalue weighted by molar-refractivity contribution is 7.89. The molecule has 1 saturated heterocycles. The van der Waals surface area contributed by atoms with Crippen molar-refractivity contribution in [1.29, 1.82) is 0 Å². The highest BCUT2D eigenvalue weighted by atomic mass is 35.5. The highest BCUT2D eigenvalue weighted by Gasteiger charge is 2.30. The van der Waals surface area contributed by atoms with Gasteiger partial charge < -0.3 is 10.4 Å². The van der Waals surface area contributed by atoms with Crippen LogP contribution in [0.3, 0.4) is 0 Å². The number of aromatic amines is 1. The molecule has 3 heterocycles. The average molecular weight is 682 g/mol. The number of carboxylic acid groups (broad SMARTS) is 1. The molecule has 0 aliphatic carbocycles. The number of H-pyrrole nitrogens is 1. The summed E-state index contributed by atoms with van der Waals surface area (Å²) in [5, 5.41) is 32.7. The second-order valence-electron chi connectivity index (χ2n) is 10.9. The number of halogens is 1. The van der Waals surface area contributed by atoms with Crippen LogP contribution in [0.2, 0.25) is 5.02 Å². The lowest BCUT2D eigenvalue weighted by atomic mass is 9.90. The fourth-order valence-corrected chi connectivity index (χ4v) is 6.83. The van der Waals surface area contributed by atoms with E-state index in [1.165, 1.54) is 33.5 Å². The van der Waals surface area contributed by atoms with E-state index in [1.807, 2.05) is 0 Å². The molecule has 2 aromatic carbocycles. The molecule has 246 valence electrons. The number of anilines is 1. The zero-order valence-corrected chi connectivity index (χ0v) is 26.8. The molecule has 4 N–H and O–H groups in total. The first-order valence-corrected chi connectivity index (χ1v) is 16.7. The Morgan fingerprint density at radius 2 is 1.98 bits per heavy atom. The maximum atomic E-state index is 13.4. The number of sulfonamides is 1. The summed E-state index contributed by atoms with van der Waals surface area (Å²) in [6.07, 6.45) is 4.86. The van der Waals surface area contributed by atoms with Gasteiger partial charge in [-0.3, -0.25) is 14.9 Å². The molecule has 2 amide bonds. The molecule has 0 saturated carbocycles. The van der Waals surface area contributed by atoms with Gasteiger partial charge in [0.05, 0.1) is 28.7 Å². The second-order valence-corrected chi connectivity index (χ2v) is 13.6. The summed E-state index contributed by atoms with van der Waals surface area (Å²) < 4.78 is 28.2. The van der Waals surface area contributed by atoms with Gasteiger partial charge in [-0.2, -0.15) is 9.78 Å². The highest BCUT2D eigenvalue weighted by Crippen LogP contribution is 2.30. The molecule has 1 unspecified atom stereocenters. The Balaban J connectivity index is 1.44. The monoisotopic (exact) mass is 681 g/mol. The van der Waals surface area contributed by atoms with Gasteiger partial charge in [0, 0.05) is 35.4 Å². The largest absolute Gasteiger partial charge is 0.465 e. The fourth-order valence-electron chi connectivity index (χ4n) is 5.44. The minimum absolute atomic E-state index is 0.00750. The number of nitrogens with zero attached hydrogens (tertiary/aromatic N) is 6.